The highest BCUT2D eigenvalue weighted by Crippen LogP contribution is 2.34. The molecule has 5 N–H and O–H groups in total. The van der Waals surface area contributed by atoms with Crippen molar-refractivity contribution >= 4 is 17.0 Å². The summed E-state index contributed by atoms with van der Waals surface area (Å²) >= 11 is 0. The van der Waals surface area contributed by atoms with Gasteiger partial charge in [0.1, 0.15) is 30.2 Å². The molecule has 0 bridgehead atoms. The molecule has 0 unspecified atom stereocenters. The average molecular weight is 591 g/mol. The van der Waals surface area contributed by atoms with Gasteiger partial charge in [-0.15, -0.1) is 0 Å². The molecule has 2 aromatic heterocycles. The Morgan fingerprint density at radius 1 is 0.833 bits per heavy atom. The van der Waals surface area contributed by atoms with Gasteiger partial charge in [-0.2, -0.15) is 0 Å². The third-order valence-corrected chi connectivity index (χ3v) is 8.42. The van der Waals surface area contributed by atoms with Crippen molar-refractivity contribution in [3.05, 3.63) is 12.7 Å². The first-order valence-corrected chi connectivity index (χ1v) is 16.9. The number of hydrogen-bond acceptors (Lipinski definition) is 9. The number of nitrogens with one attached hydrogen (secondary N) is 1. The Hall–Kier alpha value is -1.85. The summed E-state index contributed by atoms with van der Waals surface area (Å²) in [6.45, 7) is 4.68. The Kier molecular flexibility index (Phi) is 17.3. The van der Waals surface area contributed by atoms with E-state index in [9.17, 15) is 10.2 Å². The Balaban J connectivity index is 1.15. The molecular formula is C32H58N6O4. The van der Waals surface area contributed by atoms with Gasteiger partial charge in [0.05, 0.1) is 12.9 Å². The van der Waals surface area contributed by atoms with Gasteiger partial charge in [0, 0.05) is 6.61 Å². The molecule has 0 radical (unpaired) electrons. The van der Waals surface area contributed by atoms with E-state index in [1.165, 1.54) is 96.2 Å². The fourth-order valence-corrected chi connectivity index (χ4v) is 5.82. The van der Waals surface area contributed by atoms with Crippen molar-refractivity contribution in [3.63, 3.8) is 0 Å². The Morgan fingerprint density at radius 2 is 1.40 bits per heavy atom. The second-order valence-electron chi connectivity index (χ2n) is 11.9. The van der Waals surface area contributed by atoms with Crippen molar-refractivity contribution in [2.45, 2.75) is 147 Å². The maximum Gasteiger partial charge on any atom is 0.167 e. The number of anilines is 1. The van der Waals surface area contributed by atoms with Gasteiger partial charge in [0.2, 0.25) is 0 Å². The fraction of sp³-hybridized carbons (Fsp3) is 0.844. The molecule has 1 aliphatic rings. The largest absolute Gasteiger partial charge is 0.394 e. The van der Waals surface area contributed by atoms with Crippen LogP contribution in [0, 0.1) is 0 Å². The fourth-order valence-electron chi connectivity index (χ4n) is 5.82. The number of nitrogens with two attached hydrogens (primary N) is 1. The van der Waals surface area contributed by atoms with Gasteiger partial charge < -0.3 is 30.7 Å². The lowest BCUT2D eigenvalue weighted by Crippen LogP contribution is -2.35. The van der Waals surface area contributed by atoms with E-state index in [-0.39, 0.29) is 12.4 Å². The van der Waals surface area contributed by atoms with Crippen molar-refractivity contribution in [3.8, 4) is 0 Å². The van der Waals surface area contributed by atoms with Crippen LogP contribution in [-0.4, -0.2) is 74.3 Å². The second kappa shape index (κ2) is 21.0. The standard InChI is InChI=1S/C32H58N6O4/c1-2-3-4-5-6-7-8-9-10-11-12-13-14-17-20-34-21-18-15-16-19-22-41-29-28(40)26(23-39)42-32(29)38-25-37-27-30(33)35-24-36-31(27)38/h24-26,28-29,32,34,39-40H,2-23H2,1H3,(H2,33,35,36)/t26-,28-,29-,32-/m1/s1. The van der Waals surface area contributed by atoms with Crippen LogP contribution in [0.25, 0.3) is 11.2 Å². The number of aliphatic hydroxyl groups excluding tert-OH is 2. The second-order valence-corrected chi connectivity index (χ2v) is 11.9. The van der Waals surface area contributed by atoms with Crippen molar-refractivity contribution in [2.75, 3.05) is 32.0 Å². The van der Waals surface area contributed by atoms with Crippen LogP contribution in [0.2, 0.25) is 0 Å². The van der Waals surface area contributed by atoms with E-state index in [1.807, 2.05) is 0 Å². The molecule has 0 aromatic carbocycles. The zero-order chi connectivity index (χ0) is 29.8. The van der Waals surface area contributed by atoms with Crippen LogP contribution in [0.3, 0.4) is 0 Å². The number of fused-ring (bicyclic) bond motifs is 1. The third-order valence-electron chi connectivity index (χ3n) is 8.42. The topological polar surface area (TPSA) is 141 Å². The average Bonchev–Trinajstić information content (AvgIpc) is 3.57. The number of hydrogen-bond donors (Lipinski definition) is 4. The van der Waals surface area contributed by atoms with Crippen LogP contribution in [-0.2, 0) is 9.47 Å². The molecule has 10 nitrogen and oxygen atoms in total. The molecule has 0 aliphatic carbocycles. The van der Waals surface area contributed by atoms with E-state index in [0.29, 0.717) is 17.8 Å². The van der Waals surface area contributed by atoms with Gasteiger partial charge in [-0.3, -0.25) is 4.57 Å². The first-order valence-electron chi connectivity index (χ1n) is 16.9. The van der Waals surface area contributed by atoms with E-state index in [0.717, 1.165) is 38.8 Å². The Morgan fingerprint density at radius 3 is 2.00 bits per heavy atom. The van der Waals surface area contributed by atoms with Gasteiger partial charge in [0.25, 0.3) is 0 Å². The number of nitrogen functional groups attached to an aromatic ring is 1. The molecule has 3 heterocycles. The summed E-state index contributed by atoms with van der Waals surface area (Å²) in [4.78, 5) is 12.5. The van der Waals surface area contributed by atoms with Crippen LogP contribution in [0.5, 0.6) is 0 Å². The summed E-state index contributed by atoms with van der Waals surface area (Å²) in [7, 11) is 0. The predicted molar refractivity (Wildman–Crippen MR) is 168 cm³/mol. The minimum Gasteiger partial charge on any atom is -0.394 e. The van der Waals surface area contributed by atoms with Gasteiger partial charge in [-0.1, -0.05) is 103 Å². The van der Waals surface area contributed by atoms with E-state index in [2.05, 4.69) is 27.2 Å². The molecule has 1 fully saturated rings. The van der Waals surface area contributed by atoms with Crippen molar-refractivity contribution in [2.24, 2.45) is 0 Å². The lowest BCUT2D eigenvalue weighted by Gasteiger charge is -2.22. The van der Waals surface area contributed by atoms with Crippen LogP contribution >= 0.6 is 0 Å². The first kappa shape index (κ1) is 34.6. The molecule has 240 valence electrons. The summed E-state index contributed by atoms with van der Waals surface area (Å²) in [5.41, 5.74) is 6.89. The summed E-state index contributed by atoms with van der Waals surface area (Å²) in [6.07, 6.45) is 23.8. The lowest BCUT2D eigenvalue weighted by atomic mass is 10.0. The number of imidazole rings is 1. The summed E-state index contributed by atoms with van der Waals surface area (Å²) in [5, 5.41) is 24.0. The van der Waals surface area contributed by atoms with Crippen molar-refractivity contribution in [1.29, 1.82) is 0 Å². The van der Waals surface area contributed by atoms with E-state index < -0.39 is 24.5 Å². The molecule has 0 amide bonds. The predicted octanol–water partition coefficient (Wildman–Crippen LogP) is 5.68. The molecule has 3 rings (SSSR count). The molecule has 4 atom stereocenters. The normalized spacial score (nSPS) is 20.6. The molecular weight excluding hydrogens is 532 g/mol. The SMILES string of the molecule is CCCCCCCCCCCCCCCCNCCCCCCO[C@@H]1[C@H](O)[C@@H](CO)O[C@H]1n1cnc2c(N)ncnc21. The lowest BCUT2D eigenvalue weighted by molar-refractivity contribution is -0.0711. The van der Waals surface area contributed by atoms with Gasteiger partial charge in [0.15, 0.2) is 17.7 Å². The number of aromatic nitrogens is 4. The number of ether oxygens (including phenoxy) is 2. The molecule has 1 aliphatic heterocycles. The van der Waals surface area contributed by atoms with Crippen LogP contribution in [0.4, 0.5) is 5.82 Å². The molecule has 0 saturated carbocycles. The minimum absolute atomic E-state index is 0.280. The van der Waals surface area contributed by atoms with Crippen LogP contribution in [0.15, 0.2) is 12.7 Å². The highest BCUT2D eigenvalue weighted by Gasteiger charge is 2.45. The zero-order valence-electron chi connectivity index (χ0n) is 26.1. The zero-order valence-corrected chi connectivity index (χ0v) is 26.1. The molecule has 10 heteroatoms. The highest BCUT2D eigenvalue weighted by molar-refractivity contribution is 5.81. The smallest absolute Gasteiger partial charge is 0.167 e. The third kappa shape index (κ3) is 11.7. The summed E-state index contributed by atoms with van der Waals surface area (Å²) < 4.78 is 13.7. The minimum atomic E-state index is -0.948. The molecule has 42 heavy (non-hydrogen) atoms. The monoisotopic (exact) mass is 590 g/mol. The highest BCUT2D eigenvalue weighted by atomic mass is 16.6. The molecule has 2 aromatic rings. The van der Waals surface area contributed by atoms with Crippen molar-refractivity contribution in [1.82, 2.24) is 24.8 Å². The van der Waals surface area contributed by atoms with Crippen LogP contribution in [0.1, 0.15) is 129 Å². The van der Waals surface area contributed by atoms with Crippen molar-refractivity contribution < 1.29 is 19.7 Å². The quantitative estimate of drug-likeness (QED) is 0.108. The Bertz CT molecular complexity index is 960. The maximum atomic E-state index is 10.7. The maximum absolute atomic E-state index is 10.7. The number of aliphatic hydroxyl groups is 2. The van der Waals surface area contributed by atoms with Gasteiger partial charge in [-0.25, -0.2) is 15.0 Å². The first-order chi connectivity index (χ1) is 20.7. The number of rotatable bonds is 25. The summed E-state index contributed by atoms with van der Waals surface area (Å²) in [5.74, 6) is 0.280. The van der Waals surface area contributed by atoms with E-state index in [4.69, 9.17) is 15.2 Å². The van der Waals surface area contributed by atoms with Crippen LogP contribution < -0.4 is 11.1 Å². The molecule has 0 spiro atoms. The Labute approximate surface area is 253 Å². The number of unbranched alkanes of at least 4 members (excludes halogenated alkanes) is 16. The van der Waals surface area contributed by atoms with E-state index >= 15 is 0 Å². The summed E-state index contributed by atoms with van der Waals surface area (Å²) in [6, 6.07) is 0. The molecule has 1 saturated heterocycles. The van der Waals surface area contributed by atoms with Gasteiger partial charge in [-0.05, 0) is 32.4 Å². The van der Waals surface area contributed by atoms with Gasteiger partial charge >= 0.3 is 0 Å². The van der Waals surface area contributed by atoms with E-state index in [1.54, 1.807) is 10.9 Å². The number of nitrogens with zero attached hydrogens (tertiary/aromatic N) is 4.